The second-order valence-corrected chi connectivity index (χ2v) is 1.99. The van der Waals surface area contributed by atoms with Gasteiger partial charge in [-0.05, 0) is 6.08 Å². The number of hydrogen-bond acceptors (Lipinski definition) is 3. The average molecular weight is 121 g/mol. The molecular weight excluding hydrogens is 114 g/mol. The first-order valence-corrected chi connectivity index (χ1v) is 2.98. The Bertz CT molecular complexity index is 202. The summed E-state index contributed by atoms with van der Waals surface area (Å²) in [6.07, 6.45) is 6.71. The number of amidine groups is 1. The molecule has 0 spiro atoms. The first-order valence-electron chi connectivity index (χ1n) is 2.98. The number of hydrogen-bond donors (Lipinski definition) is 0. The van der Waals surface area contributed by atoms with Crippen LogP contribution in [-0.2, 0) is 0 Å². The van der Waals surface area contributed by atoms with Gasteiger partial charge in [-0.25, -0.2) is 5.01 Å². The predicted molar refractivity (Wildman–Crippen MR) is 36.4 cm³/mol. The zero-order valence-electron chi connectivity index (χ0n) is 4.99. The Morgan fingerprint density at radius 2 is 2.56 bits per heavy atom. The Kier molecular flexibility index (Phi) is 0.886. The van der Waals surface area contributed by atoms with Gasteiger partial charge in [-0.1, -0.05) is 0 Å². The highest BCUT2D eigenvalue weighted by atomic mass is 15.5. The third kappa shape index (κ3) is 0.650. The topological polar surface area (TPSA) is 28.0 Å². The van der Waals surface area contributed by atoms with Gasteiger partial charge >= 0.3 is 0 Å². The van der Waals surface area contributed by atoms with E-state index >= 15 is 0 Å². The molecule has 0 aromatic rings. The number of aliphatic imine (C=N–C) groups is 1. The first-order chi connectivity index (χ1) is 4.47. The van der Waals surface area contributed by atoms with E-state index in [0.717, 1.165) is 18.8 Å². The summed E-state index contributed by atoms with van der Waals surface area (Å²) in [5.74, 6) is 1.07. The van der Waals surface area contributed by atoms with E-state index in [4.69, 9.17) is 0 Å². The molecule has 0 N–H and O–H groups in total. The molecule has 2 rings (SSSR count). The molecule has 2 aliphatic rings. The van der Waals surface area contributed by atoms with E-state index in [-0.39, 0.29) is 0 Å². The Morgan fingerprint density at radius 1 is 1.56 bits per heavy atom. The molecule has 2 heterocycles. The van der Waals surface area contributed by atoms with E-state index in [2.05, 4.69) is 10.1 Å². The summed E-state index contributed by atoms with van der Waals surface area (Å²) < 4.78 is 0. The summed E-state index contributed by atoms with van der Waals surface area (Å²) in [6.45, 7) is 0.815. The van der Waals surface area contributed by atoms with Gasteiger partial charge in [-0.15, -0.1) is 0 Å². The van der Waals surface area contributed by atoms with Crippen LogP contribution in [0.1, 0.15) is 6.42 Å². The quantitative estimate of drug-likeness (QED) is 0.461. The van der Waals surface area contributed by atoms with Crippen LogP contribution in [0.5, 0.6) is 0 Å². The van der Waals surface area contributed by atoms with Crippen LogP contribution in [0.3, 0.4) is 0 Å². The van der Waals surface area contributed by atoms with Gasteiger partial charge in [0.25, 0.3) is 0 Å². The van der Waals surface area contributed by atoms with Crippen LogP contribution in [0.15, 0.2) is 22.4 Å². The Labute approximate surface area is 53.4 Å². The van der Waals surface area contributed by atoms with E-state index < -0.39 is 0 Å². The molecule has 0 aromatic carbocycles. The third-order valence-corrected chi connectivity index (χ3v) is 1.37. The normalized spacial score (nSPS) is 22.2. The lowest BCUT2D eigenvalue weighted by Crippen LogP contribution is -2.17. The third-order valence-electron chi connectivity index (χ3n) is 1.37. The van der Waals surface area contributed by atoms with Crippen molar-refractivity contribution in [2.45, 2.75) is 6.42 Å². The molecular formula is C6H7N3. The maximum absolute atomic E-state index is 4.22. The number of rotatable bonds is 0. The maximum Gasteiger partial charge on any atom is 0.130 e. The lowest BCUT2D eigenvalue weighted by molar-refractivity contribution is 0.602. The fourth-order valence-corrected chi connectivity index (χ4v) is 0.937. The van der Waals surface area contributed by atoms with E-state index in [1.54, 1.807) is 0 Å². The van der Waals surface area contributed by atoms with Crippen molar-refractivity contribution in [1.82, 2.24) is 5.01 Å². The fraction of sp³-hybridized carbons (Fsp3) is 0.333. The number of fused-ring (bicyclic) bond motifs is 1. The summed E-state index contributed by atoms with van der Waals surface area (Å²) in [6, 6.07) is 0. The van der Waals surface area contributed by atoms with Gasteiger partial charge in [0.1, 0.15) is 5.84 Å². The largest absolute Gasteiger partial charge is 0.266 e. The molecule has 0 fully saturated rings. The maximum atomic E-state index is 4.22. The molecule has 0 amide bonds. The van der Waals surface area contributed by atoms with Gasteiger partial charge in [-0.3, -0.25) is 4.99 Å². The molecule has 46 valence electrons. The van der Waals surface area contributed by atoms with Crippen LogP contribution in [0, 0.1) is 0 Å². The number of nitrogens with zero attached hydrogens (tertiary/aromatic N) is 3. The first kappa shape index (κ1) is 4.73. The van der Waals surface area contributed by atoms with Gasteiger partial charge in [0, 0.05) is 18.8 Å². The molecule has 0 atom stereocenters. The van der Waals surface area contributed by atoms with Gasteiger partial charge in [-0.2, -0.15) is 5.10 Å². The van der Waals surface area contributed by atoms with E-state index in [1.165, 1.54) is 0 Å². The Balaban J connectivity index is 2.29. The summed E-state index contributed by atoms with van der Waals surface area (Å²) in [7, 11) is 0. The Hall–Kier alpha value is -1.12. The molecule has 9 heavy (non-hydrogen) atoms. The van der Waals surface area contributed by atoms with Crippen LogP contribution < -0.4 is 0 Å². The predicted octanol–water partition coefficient (Wildman–Crippen LogP) is 0.604. The van der Waals surface area contributed by atoms with Crippen LogP contribution in [0.25, 0.3) is 0 Å². The molecule has 0 aromatic heterocycles. The molecule has 0 saturated carbocycles. The van der Waals surface area contributed by atoms with Crippen molar-refractivity contribution in [3.8, 4) is 0 Å². The van der Waals surface area contributed by atoms with E-state index in [1.807, 2.05) is 23.5 Å². The SMILES string of the molecule is C1=CN2N=CCC2=NC1. The summed E-state index contributed by atoms with van der Waals surface area (Å²) in [4.78, 5) is 4.22. The fourth-order valence-electron chi connectivity index (χ4n) is 0.937. The molecule has 0 aliphatic carbocycles. The second-order valence-electron chi connectivity index (χ2n) is 1.99. The highest BCUT2D eigenvalue weighted by Crippen LogP contribution is 2.08. The number of hydrazone groups is 1. The molecule has 0 saturated heterocycles. The second kappa shape index (κ2) is 1.69. The summed E-state index contributed by atoms with van der Waals surface area (Å²) in [5, 5.41) is 5.86. The van der Waals surface area contributed by atoms with E-state index in [9.17, 15) is 0 Å². The van der Waals surface area contributed by atoms with Crippen LogP contribution in [0.2, 0.25) is 0 Å². The van der Waals surface area contributed by atoms with Crippen LogP contribution >= 0.6 is 0 Å². The van der Waals surface area contributed by atoms with Gasteiger partial charge in [0.05, 0.1) is 6.54 Å². The standard InChI is InChI=1S/C6H7N3/c1-3-7-6-2-4-8-9(6)5-1/h1,4-5H,2-3H2. The smallest absolute Gasteiger partial charge is 0.130 e. The van der Waals surface area contributed by atoms with Crippen molar-refractivity contribution in [2.75, 3.05) is 6.54 Å². The van der Waals surface area contributed by atoms with E-state index in [0.29, 0.717) is 0 Å². The minimum atomic E-state index is 0.815. The van der Waals surface area contributed by atoms with Crippen molar-refractivity contribution in [3.05, 3.63) is 12.3 Å². The minimum Gasteiger partial charge on any atom is -0.266 e. The summed E-state index contributed by atoms with van der Waals surface area (Å²) in [5.41, 5.74) is 0. The highest BCUT2D eigenvalue weighted by Gasteiger charge is 2.12. The lowest BCUT2D eigenvalue weighted by atomic mass is 10.4. The molecule has 0 unspecified atom stereocenters. The molecule has 0 bridgehead atoms. The molecule has 3 heteroatoms. The van der Waals surface area contributed by atoms with Crippen molar-refractivity contribution in [2.24, 2.45) is 10.1 Å². The monoisotopic (exact) mass is 121 g/mol. The van der Waals surface area contributed by atoms with Crippen molar-refractivity contribution in [3.63, 3.8) is 0 Å². The zero-order valence-corrected chi connectivity index (χ0v) is 4.99. The minimum absolute atomic E-state index is 0.815. The van der Waals surface area contributed by atoms with Gasteiger partial charge < -0.3 is 0 Å². The Morgan fingerprint density at radius 3 is 3.44 bits per heavy atom. The molecule has 3 nitrogen and oxygen atoms in total. The highest BCUT2D eigenvalue weighted by molar-refractivity contribution is 5.98. The average Bonchev–Trinajstić information content (AvgIpc) is 2.33. The van der Waals surface area contributed by atoms with Crippen LogP contribution in [0.4, 0.5) is 0 Å². The summed E-state index contributed by atoms with van der Waals surface area (Å²) >= 11 is 0. The zero-order chi connectivity index (χ0) is 6.10. The lowest BCUT2D eigenvalue weighted by Gasteiger charge is -2.12. The van der Waals surface area contributed by atoms with Gasteiger partial charge in [0.2, 0.25) is 0 Å². The van der Waals surface area contributed by atoms with Gasteiger partial charge in [0.15, 0.2) is 0 Å². The van der Waals surface area contributed by atoms with Crippen molar-refractivity contribution < 1.29 is 0 Å². The van der Waals surface area contributed by atoms with Crippen molar-refractivity contribution >= 4 is 12.1 Å². The van der Waals surface area contributed by atoms with Crippen LogP contribution in [-0.4, -0.2) is 23.6 Å². The molecule has 2 aliphatic heterocycles. The van der Waals surface area contributed by atoms with Crippen molar-refractivity contribution in [1.29, 1.82) is 0 Å². The molecule has 0 radical (unpaired) electrons.